The largest absolute Gasteiger partial charge is 0.365 e. The number of nitrogens with two attached hydrogens (primary N) is 1. The minimum absolute atomic E-state index is 0.416. The van der Waals surface area contributed by atoms with E-state index in [1.165, 1.54) is 0 Å². The molecule has 1 amide bonds. The zero-order valence-electron chi connectivity index (χ0n) is 10.1. The van der Waals surface area contributed by atoms with Crippen LogP contribution in [0.5, 0.6) is 0 Å². The van der Waals surface area contributed by atoms with Gasteiger partial charge in [-0.3, -0.25) is 9.78 Å². The molecule has 1 fully saturated rings. The summed E-state index contributed by atoms with van der Waals surface area (Å²) in [6.45, 7) is 2.02. The Morgan fingerprint density at radius 1 is 1.50 bits per heavy atom. The molecule has 1 aliphatic heterocycles. The first-order chi connectivity index (χ1) is 8.77. The number of hydrogen-bond acceptors (Lipinski definition) is 3. The number of nitrogens with one attached hydrogen (secondary N) is 2. The van der Waals surface area contributed by atoms with Gasteiger partial charge in [-0.1, -0.05) is 0 Å². The Morgan fingerprint density at radius 3 is 3.11 bits per heavy atom. The molecule has 0 aliphatic carbocycles. The maximum atomic E-state index is 11.4. The summed E-state index contributed by atoms with van der Waals surface area (Å²) in [6.07, 6.45) is 5.72. The van der Waals surface area contributed by atoms with Crippen LogP contribution in [-0.2, 0) is 0 Å². The Balaban J connectivity index is 2.10. The van der Waals surface area contributed by atoms with E-state index in [0.717, 1.165) is 42.5 Å². The molecule has 1 atom stereocenters. The molecule has 0 spiro atoms. The van der Waals surface area contributed by atoms with Gasteiger partial charge in [0, 0.05) is 30.2 Å². The lowest BCUT2D eigenvalue weighted by atomic mass is 9.93. The molecule has 1 saturated heterocycles. The van der Waals surface area contributed by atoms with Crippen molar-refractivity contribution in [3.05, 3.63) is 29.7 Å². The van der Waals surface area contributed by atoms with Gasteiger partial charge < -0.3 is 16.0 Å². The summed E-state index contributed by atoms with van der Waals surface area (Å²) in [4.78, 5) is 18.9. The molecule has 3 heterocycles. The highest BCUT2D eigenvalue weighted by atomic mass is 16.1. The van der Waals surface area contributed by atoms with Crippen molar-refractivity contribution in [2.75, 3.05) is 13.1 Å². The second kappa shape index (κ2) is 4.42. The molecule has 2 aromatic heterocycles. The Hall–Kier alpha value is -1.88. The van der Waals surface area contributed by atoms with Crippen LogP contribution in [-0.4, -0.2) is 29.0 Å². The second-order valence-corrected chi connectivity index (χ2v) is 4.73. The summed E-state index contributed by atoms with van der Waals surface area (Å²) < 4.78 is 0. The van der Waals surface area contributed by atoms with Crippen molar-refractivity contribution >= 4 is 16.8 Å². The van der Waals surface area contributed by atoms with Crippen LogP contribution < -0.4 is 11.1 Å². The zero-order valence-corrected chi connectivity index (χ0v) is 10.1. The average molecular weight is 244 g/mol. The van der Waals surface area contributed by atoms with E-state index in [9.17, 15) is 4.79 Å². The van der Waals surface area contributed by atoms with Gasteiger partial charge in [0.15, 0.2) is 0 Å². The Bertz CT molecular complexity index is 584. The Kier molecular flexibility index (Phi) is 2.76. The lowest BCUT2D eigenvalue weighted by Gasteiger charge is -2.23. The third-order valence-corrected chi connectivity index (χ3v) is 3.57. The third-order valence-electron chi connectivity index (χ3n) is 3.57. The van der Waals surface area contributed by atoms with Crippen LogP contribution in [0.25, 0.3) is 10.9 Å². The predicted octanol–water partition coefficient (Wildman–Crippen LogP) is 1.13. The van der Waals surface area contributed by atoms with Crippen LogP contribution in [0.4, 0.5) is 0 Å². The fraction of sp³-hybridized carbons (Fsp3) is 0.385. The first-order valence-corrected chi connectivity index (χ1v) is 6.24. The molecule has 0 bridgehead atoms. The minimum atomic E-state index is -0.441. The van der Waals surface area contributed by atoms with Crippen LogP contribution in [0.3, 0.4) is 0 Å². The number of aromatic amines is 1. The van der Waals surface area contributed by atoms with Crippen molar-refractivity contribution in [3.8, 4) is 0 Å². The molecule has 0 aromatic carbocycles. The first-order valence-electron chi connectivity index (χ1n) is 6.24. The summed E-state index contributed by atoms with van der Waals surface area (Å²) in [5.41, 5.74) is 7.68. The van der Waals surface area contributed by atoms with E-state index in [1.807, 2.05) is 12.3 Å². The summed E-state index contributed by atoms with van der Waals surface area (Å²) in [5.74, 6) is -0.0257. The maximum Gasteiger partial charge on any atom is 0.252 e. The van der Waals surface area contributed by atoms with Gasteiger partial charge in [0.05, 0.1) is 16.8 Å². The number of piperidine rings is 1. The SMILES string of the molecule is NC(=O)c1cnc(C2CCCNC2)c2cc[nH]c12. The van der Waals surface area contributed by atoms with E-state index in [2.05, 4.69) is 15.3 Å². The quantitative estimate of drug-likeness (QED) is 0.740. The van der Waals surface area contributed by atoms with Crippen LogP contribution >= 0.6 is 0 Å². The molecule has 1 aliphatic rings. The van der Waals surface area contributed by atoms with Crippen LogP contribution in [0.15, 0.2) is 18.5 Å². The van der Waals surface area contributed by atoms with Crippen molar-refractivity contribution in [2.45, 2.75) is 18.8 Å². The molecule has 0 saturated carbocycles. The number of aromatic nitrogens is 2. The lowest BCUT2D eigenvalue weighted by Crippen LogP contribution is -2.29. The number of carbonyl (C=O) groups is 1. The first kappa shape index (κ1) is 11.2. The highest BCUT2D eigenvalue weighted by Gasteiger charge is 2.21. The molecule has 3 rings (SSSR count). The van der Waals surface area contributed by atoms with Crippen LogP contribution in [0.1, 0.15) is 34.8 Å². The third kappa shape index (κ3) is 1.76. The number of rotatable bonds is 2. The molecule has 4 N–H and O–H groups in total. The number of H-pyrrole nitrogens is 1. The summed E-state index contributed by atoms with van der Waals surface area (Å²) in [5, 5.41) is 4.40. The summed E-state index contributed by atoms with van der Waals surface area (Å²) in [7, 11) is 0. The van der Waals surface area contributed by atoms with Crippen molar-refractivity contribution < 1.29 is 4.79 Å². The molecule has 2 aromatic rings. The molecule has 94 valence electrons. The molecule has 18 heavy (non-hydrogen) atoms. The monoisotopic (exact) mass is 244 g/mol. The van der Waals surface area contributed by atoms with Crippen LogP contribution in [0, 0.1) is 0 Å². The van der Waals surface area contributed by atoms with E-state index in [4.69, 9.17) is 5.73 Å². The van der Waals surface area contributed by atoms with Gasteiger partial charge >= 0.3 is 0 Å². The number of pyridine rings is 1. The van der Waals surface area contributed by atoms with E-state index in [0.29, 0.717) is 11.5 Å². The number of nitrogens with zero attached hydrogens (tertiary/aromatic N) is 1. The van der Waals surface area contributed by atoms with Gasteiger partial charge in [-0.15, -0.1) is 0 Å². The van der Waals surface area contributed by atoms with E-state index < -0.39 is 5.91 Å². The molecule has 5 nitrogen and oxygen atoms in total. The average Bonchev–Trinajstić information content (AvgIpc) is 2.87. The van der Waals surface area contributed by atoms with Gasteiger partial charge in [0.25, 0.3) is 5.91 Å². The Labute approximate surface area is 105 Å². The molecule has 1 unspecified atom stereocenters. The minimum Gasteiger partial charge on any atom is -0.365 e. The molecular formula is C13H16N4O. The Morgan fingerprint density at radius 2 is 2.39 bits per heavy atom. The number of carbonyl (C=O) groups excluding carboxylic acids is 1. The van der Waals surface area contributed by atoms with E-state index in [1.54, 1.807) is 6.20 Å². The smallest absolute Gasteiger partial charge is 0.252 e. The van der Waals surface area contributed by atoms with Gasteiger partial charge in [0.1, 0.15) is 0 Å². The van der Waals surface area contributed by atoms with Gasteiger partial charge in [0.2, 0.25) is 0 Å². The topological polar surface area (TPSA) is 83.8 Å². The highest BCUT2D eigenvalue weighted by Crippen LogP contribution is 2.29. The van der Waals surface area contributed by atoms with E-state index >= 15 is 0 Å². The highest BCUT2D eigenvalue weighted by molar-refractivity contribution is 6.05. The van der Waals surface area contributed by atoms with Crippen LogP contribution in [0.2, 0.25) is 0 Å². The van der Waals surface area contributed by atoms with Crippen molar-refractivity contribution in [3.63, 3.8) is 0 Å². The number of hydrogen-bond donors (Lipinski definition) is 3. The van der Waals surface area contributed by atoms with Crippen molar-refractivity contribution in [1.82, 2.24) is 15.3 Å². The van der Waals surface area contributed by atoms with Gasteiger partial charge in [-0.25, -0.2) is 0 Å². The maximum absolute atomic E-state index is 11.4. The summed E-state index contributed by atoms with van der Waals surface area (Å²) >= 11 is 0. The van der Waals surface area contributed by atoms with E-state index in [-0.39, 0.29) is 0 Å². The fourth-order valence-electron chi connectivity index (χ4n) is 2.67. The molecule has 0 radical (unpaired) electrons. The number of amides is 1. The number of fused-ring (bicyclic) bond motifs is 1. The molecule has 5 heteroatoms. The normalized spacial score (nSPS) is 20.1. The zero-order chi connectivity index (χ0) is 12.5. The fourth-order valence-corrected chi connectivity index (χ4v) is 2.67. The van der Waals surface area contributed by atoms with Crippen molar-refractivity contribution in [1.29, 1.82) is 0 Å². The molecular weight excluding hydrogens is 228 g/mol. The number of primary amides is 1. The van der Waals surface area contributed by atoms with Gasteiger partial charge in [-0.2, -0.15) is 0 Å². The standard InChI is InChI=1S/C13H16N4O/c14-13(18)10-7-17-11(8-2-1-4-15-6-8)9-3-5-16-12(9)10/h3,5,7-8,15-16H,1-2,4,6H2,(H2,14,18). The summed E-state index contributed by atoms with van der Waals surface area (Å²) in [6, 6.07) is 1.97. The van der Waals surface area contributed by atoms with Crippen molar-refractivity contribution in [2.24, 2.45) is 5.73 Å². The van der Waals surface area contributed by atoms with Gasteiger partial charge in [-0.05, 0) is 25.5 Å². The second-order valence-electron chi connectivity index (χ2n) is 4.73. The predicted molar refractivity (Wildman–Crippen MR) is 69.5 cm³/mol. The lowest BCUT2D eigenvalue weighted by molar-refractivity contribution is 0.100.